The lowest BCUT2D eigenvalue weighted by Gasteiger charge is -2.35. The Kier molecular flexibility index (Phi) is 8.98. The Morgan fingerprint density at radius 1 is 0.700 bits per heavy atom. The Morgan fingerprint density at radius 2 is 1.27 bits per heavy atom. The van der Waals surface area contributed by atoms with Gasteiger partial charge in [-0.05, 0) is 85.0 Å². The molecule has 2 aliphatic carbocycles. The first-order valence-electron chi connectivity index (χ1n) is 14.8. The zero-order valence-electron chi connectivity index (χ0n) is 23.3. The quantitative estimate of drug-likeness (QED) is 0.150. The van der Waals surface area contributed by atoms with Gasteiger partial charge >= 0.3 is 0 Å². The van der Waals surface area contributed by atoms with Gasteiger partial charge < -0.3 is 0 Å². The summed E-state index contributed by atoms with van der Waals surface area (Å²) in [7, 11) is 1.77. The molecule has 0 N–H and O–H groups in total. The summed E-state index contributed by atoms with van der Waals surface area (Å²) in [6, 6.07) is 12.9. The fraction of sp³-hybridized carbons (Fsp3) is 0.371. The molecule has 0 saturated heterocycles. The molecule has 3 aromatic rings. The first kappa shape index (κ1) is 28.5. The van der Waals surface area contributed by atoms with E-state index in [1.807, 2.05) is 6.08 Å². The van der Waals surface area contributed by atoms with E-state index < -0.39 is 23.3 Å². The molecule has 0 bridgehead atoms. The number of rotatable bonds is 8. The van der Waals surface area contributed by atoms with E-state index in [2.05, 4.69) is 12.7 Å². The van der Waals surface area contributed by atoms with Crippen LogP contribution in [0.4, 0.5) is 17.6 Å². The van der Waals surface area contributed by atoms with Gasteiger partial charge in [0.15, 0.2) is 23.3 Å². The average molecular weight is 544 g/mol. The largest absolute Gasteiger partial charge is 0.203 e. The molecule has 208 valence electrons. The fourth-order valence-electron chi connectivity index (χ4n) is 6.76. The van der Waals surface area contributed by atoms with Gasteiger partial charge in [-0.25, -0.2) is 17.6 Å². The van der Waals surface area contributed by atoms with E-state index in [4.69, 9.17) is 0 Å². The van der Waals surface area contributed by atoms with Crippen LogP contribution in [0.1, 0.15) is 68.9 Å². The normalized spacial score (nSPS) is 21.2. The summed E-state index contributed by atoms with van der Waals surface area (Å²) in [6.45, 7) is 3.84. The topological polar surface area (TPSA) is 0 Å². The molecule has 0 heterocycles. The van der Waals surface area contributed by atoms with Crippen LogP contribution in [-0.2, 0) is 6.32 Å². The lowest BCUT2D eigenvalue weighted by atomic mass is 9.70. The van der Waals surface area contributed by atoms with E-state index >= 15 is 8.78 Å². The molecule has 0 nitrogen and oxygen atoms in total. The SMILES string of the molecule is BCc1ccc(-c2ccc(-c3ccc(C4=CCC(C5CCC(CCC=C)CC5)CC4)c(F)c3F)cc2)c(F)c1F. The highest BCUT2D eigenvalue weighted by atomic mass is 19.2. The molecule has 0 radical (unpaired) electrons. The van der Waals surface area contributed by atoms with Crippen molar-refractivity contribution in [1.82, 2.24) is 0 Å². The van der Waals surface area contributed by atoms with Gasteiger partial charge in [-0.15, -0.1) is 6.58 Å². The predicted molar refractivity (Wildman–Crippen MR) is 160 cm³/mol. The van der Waals surface area contributed by atoms with Gasteiger partial charge in [-0.3, -0.25) is 0 Å². The highest BCUT2D eigenvalue weighted by Crippen LogP contribution is 2.43. The van der Waals surface area contributed by atoms with Gasteiger partial charge in [-0.2, -0.15) is 0 Å². The van der Waals surface area contributed by atoms with E-state index in [9.17, 15) is 8.78 Å². The third kappa shape index (κ3) is 5.85. The van der Waals surface area contributed by atoms with Crippen molar-refractivity contribution < 1.29 is 17.6 Å². The summed E-state index contributed by atoms with van der Waals surface area (Å²) in [5.41, 5.74) is 2.82. The number of hydrogen-bond donors (Lipinski definition) is 0. The molecule has 0 spiro atoms. The van der Waals surface area contributed by atoms with Crippen molar-refractivity contribution >= 4 is 13.4 Å². The van der Waals surface area contributed by atoms with E-state index in [1.54, 1.807) is 56.4 Å². The molecule has 0 amide bonds. The zero-order chi connectivity index (χ0) is 28.2. The van der Waals surface area contributed by atoms with Crippen LogP contribution < -0.4 is 0 Å². The maximum absolute atomic E-state index is 15.3. The molecule has 1 unspecified atom stereocenters. The van der Waals surface area contributed by atoms with E-state index in [0.717, 1.165) is 43.1 Å². The van der Waals surface area contributed by atoms with Gasteiger partial charge in [0.1, 0.15) is 7.85 Å². The van der Waals surface area contributed by atoms with Gasteiger partial charge in [-0.1, -0.05) is 79.8 Å². The minimum absolute atomic E-state index is 0.145. The van der Waals surface area contributed by atoms with Crippen LogP contribution >= 0.6 is 0 Å². The summed E-state index contributed by atoms with van der Waals surface area (Å²) in [4.78, 5) is 0. The van der Waals surface area contributed by atoms with Crippen LogP contribution in [0.2, 0.25) is 0 Å². The van der Waals surface area contributed by atoms with Crippen LogP contribution in [0.15, 0.2) is 67.3 Å². The monoisotopic (exact) mass is 544 g/mol. The van der Waals surface area contributed by atoms with Crippen molar-refractivity contribution in [1.29, 1.82) is 0 Å². The number of hydrogen-bond acceptors (Lipinski definition) is 0. The Hall–Kier alpha value is -3.08. The van der Waals surface area contributed by atoms with Crippen LogP contribution in [0.25, 0.3) is 27.8 Å². The summed E-state index contributed by atoms with van der Waals surface area (Å²) in [5, 5.41) is 0. The second-order valence-electron chi connectivity index (χ2n) is 11.5. The van der Waals surface area contributed by atoms with Crippen LogP contribution in [0, 0.1) is 41.0 Å². The highest BCUT2D eigenvalue weighted by Gasteiger charge is 2.29. The average Bonchev–Trinajstić information content (AvgIpc) is 2.99. The summed E-state index contributed by atoms with van der Waals surface area (Å²) in [5.74, 6) is -1.25. The Bertz CT molecular complexity index is 1380. The minimum Gasteiger partial charge on any atom is -0.203 e. The van der Waals surface area contributed by atoms with Crippen molar-refractivity contribution in [3.63, 3.8) is 0 Å². The second-order valence-corrected chi connectivity index (χ2v) is 11.5. The van der Waals surface area contributed by atoms with Gasteiger partial charge in [0.25, 0.3) is 0 Å². The lowest BCUT2D eigenvalue weighted by molar-refractivity contribution is 0.190. The predicted octanol–water partition coefficient (Wildman–Crippen LogP) is 9.67. The summed E-state index contributed by atoms with van der Waals surface area (Å²) in [6.07, 6.45) is 14.8. The molecule has 1 atom stereocenters. The Morgan fingerprint density at radius 3 is 1.85 bits per heavy atom. The van der Waals surface area contributed by atoms with Crippen molar-refractivity contribution in [2.24, 2.45) is 17.8 Å². The number of halogens is 4. The highest BCUT2D eigenvalue weighted by molar-refractivity contribution is 6.08. The second kappa shape index (κ2) is 12.6. The molecule has 2 aliphatic rings. The third-order valence-corrected chi connectivity index (χ3v) is 9.27. The van der Waals surface area contributed by atoms with Crippen molar-refractivity contribution in [3.05, 3.63) is 102 Å². The minimum atomic E-state index is -0.895. The lowest BCUT2D eigenvalue weighted by Crippen LogP contribution is -2.23. The van der Waals surface area contributed by atoms with Crippen LogP contribution in [0.5, 0.6) is 0 Å². The van der Waals surface area contributed by atoms with Crippen LogP contribution in [0.3, 0.4) is 0 Å². The van der Waals surface area contributed by atoms with Crippen molar-refractivity contribution in [2.75, 3.05) is 0 Å². The van der Waals surface area contributed by atoms with Crippen molar-refractivity contribution in [2.45, 2.75) is 64.1 Å². The van der Waals surface area contributed by atoms with E-state index in [-0.39, 0.29) is 11.1 Å². The van der Waals surface area contributed by atoms with Gasteiger partial charge in [0, 0.05) is 16.7 Å². The molecule has 1 saturated carbocycles. The molecule has 3 aromatic carbocycles. The Labute approximate surface area is 236 Å². The molecule has 5 heteroatoms. The standard InChI is InChI=1S/C35H37BF4/c1-2-3-4-22-5-7-23(8-6-22)24-9-11-25(12-10-24)30-19-20-31(35(40)34(30)39)27-15-13-26(14-16-27)29-18-17-28(21-36)32(37)33(29)38/h2,11,13-20,22-24H,1,3-10,12,21,36H2. The smallest absolute Gasteiger partial charge is 0.167 e. The summed E-state index contributed by atoms with van der Waals surface area (Å²) < 4.78 is 59.5. The summed E-state index contributed by atoms with van der Waals surface area (Å²) >= 11 is 0. The number of allylic oxidation sites excluding steroid dienone is 3. The molecule has 1 fully saturated rings. The first-order chi connectivity index (χ1) is 19.4. The van der Waals surface area contributed by atoms with E-state index in [1.165, 1.54) is 32.1 Å². The maximum atomic E-state index is 15.3. The van der Waals surface area contributed by atoms with E-state index in [0.29, 0.717) is 34.5 Å². The fourth-order valence-corrected chi connectivity index (χ4v) is 6.76. The van der Waals surface area contributed by atoms with Gasteiger partial charge in [0.2, 0.25) is 0 Å². The Balaban J connectivity index is 1.28. The zero-order valence-corrected chi connectivity index (χ0v) is 23.3. The third-order valence-electron chi connectivity index (χ3n) is 9.27. The number of benzene rings is 3. The van der Waals surface area contributed by atoms with Gasteiger partial charge in [0.05, 0.1) is 0 Å². The maximum Gasteiger partial charge on any atom is 0.167 e. The molecule has 0 aliphatic heterocycles. The van der Waals surface area contributed by atoms with Crippen LogP contribution in [-0.4, -0.2) is 7.85 Å². The molecule has 0 aromatic heterocycles. The van der Waals surface area contributed by atoms with Crippen molar-refractivity contribution in [3.8, 4) is 22.3 Å². The molecule has 40 heavy (non-hydrogen) atoms. The molecular weight excluding hydrogens is 507 g/mol. The molecule has 5 rings (SSSR count). The molecular formula is C35H37BF4. The first-order valence-corrected chi connectivity index (χ1v) is 14.8.